The molecule has 0 aliphatic rings. The standard InChI is InChI=1S/C13H16O3/c1-13(2,3)10-5-6-11(14)9(8-10)4-7-12(15)16/h4-8,14H,1-3H3,(H,15,16)/b7-4+. The molecule has 1 aromatic rings. The number of carboxylic acids is 1. The van der Waals surface area contributed by atoms with Crippen LogP contribution < -0.4 is 0 Å². The number of carbonyl (C=O) groups is 1. The van der Waals surface area contributed by atoms with Crippen LogP contribution in [-0.4, -0.2) is 16.2 Å². The average molecular weight is 220 g/mol. The molecule has 0 fully saturated rings. The van der Waals surface area contributed by atoms with Crippen LogP contribution in [0.5, 0.6) is 5.75 Å². The highest BCUT2D eigenvalue weighted by atomic mass is 16.4. The predicted molar refractivity (Wildman–Crippen MR) is 63.5 cm³/mol. The van der Waals surface area contributed by atoms with Crippen molar-refractivity contribution < 1.29 is 15.0 Å². The van der Waals surface area contributed by atoms with Gasteiger partial charge >= 0.3 is 5.97 Å². The van der Waals surface area contributed by atoms with Crippen LogP contribution >= 0.6 is 0 Å². The first-order valence-corrected chi connectivity index (χ1v) is 5.05. The number of phenols is 1. The highest BCUT2D eigenvalue weighted by molar-refractivity contribution is 5.85. The molecule has 0 saturated carbocycles. The summed E-state index contributed by atoms with van der Waals surface area (Å²) < 4.78 is 0. The molecule has 1 rings (SSSR count). The molecule has 0 saturated heterocycles. The maximum absolute atomic E-state index is 10.4. The minimum Gasteiger partial charge on any atom is -0.507 e. The summed E-state index contributed by atoms with van der Waals surface area (Å²) in [6, 6.07) is 5.23. The fraction of sp³-hybridized carbons (Fsp3) is 0.308. The van der Waals surface area contributed by atoms with Gasteiger partial charge in [-0.25, -0.2) is 4.79 Å². The summed E-state index contributed by atoms with van der Waals surface area (Å²) in [6.07, 6.45) is 2.41. The lowest BCUT2D eigenvalue weighted by molar-refractivity contribution is -0.131. The Balaban J connectivity index is 3.14. The minimum absolute atomic E-state index is 0.0283. The quantitative estimate of drug-likeness (QED) is 0.753. The molecule has 2 N–H and O–H groups in total. The Labute approximate surface area is 95.0 Å². The van der Waals surface area contributed by atoms with Crippen molar-refractivity contribution in [2.75, 3.05) is 0 Å². The molecule has 0 aliphatic heterocycles. The smallest absolute Gasteiger partial charge is 0.328 e. The topological polar surface area (TPSA) is 57.5 Å². The van der Waals surface area contributed by atoms with Gasteiger partial charge in [-0.2, -0.15) is 0 Å². The summed E-state index contributed by atoms with van der Waals surface area (Å²) in [7, 11) is 0. The largest absolute Gasteiger partial charge is 0.507 e. The number of carboxylic acid groups (broad SMARTS) is 1. The normalized spacial score (nSPS) is 11.9. The third-order valence-corrected chi connectivity index (χ3v) is 2.30. The molecule has 0 unspecified atom stereocenters. The Morgan fingerprint density at radius 3 is 2.44 bits per heavy atom. The van der Waals surface area contributed by atoms with E-state index in [-0.39, 0.29) is 11.2 Å². The second-order valence-corrected chi connectivity index (χ2v) is 4.70. The van der Waals surface area contributed by atoms with Gasteiger partial charge in [0.1, 0.15) is 5.75 Å². The number of rotatable bonds is 2. The Hall–Kier alpha value is -1.77. The van der Waals surface area contributed by atoms with Crippen molar-refractivity contribution in [3.63, 3.8) is 0 Å². The second-order valence-electron chi connectivity index (χ2n) is 4.70. The second kappa shape index (κ2) is 4.39. The van der Waals surface area contributed by atoms with Crippen molar-refractivity contribution in [2.45, 2.75) is 26.2 Å². The number of benzene rings is 1. The van der Waals surface area contributed by atoms with E-state index in [0.29, 0.717) is 5.56 Å². The minimum atomic E-state index is -1.03. The lowest BCUT2D eigenvalue weighted by atomic mass is 9.86. The molecular formula is C13H16O3. The van der Waals surface area contributed by atoms with Gasteiger partial charge in [0.05, 0.1) is 0 Å². The van der Waals surface area contributed by atoms with Crippen LogP contribution in [0.3, 0.4) is 0 Å². The van der Waals surface area contributed by atoms with E-state index in [1.807, 2.05) is 6.07 Å². The zero-order valence-electron chi connectivity index (χ0n) is 9.69. The van der Waals surface area contributed by atoms with Gasteiger partial charge < -0.3 is 10.2 Å². The Kier molecular flexibility index (Phi) is 3.38. The Morgan fingerprint density at radius 1 is 1.31 bits per heavy atom. The predicted octanol–water partition coefficient (Wildman–Crippen LogP) is 2.79. The molecular weight excluding hydrogens is 204 g/mol. The molecule has 0 amide bonds. The van der Waals surface area contributed by atoms with Gasteiger partial charge in [0, 0.05) is 11.6 Å². The number of aliphatic carboxylic acids is 1. The van der Waals surface area contributed by atoms with Gasteiger partial charge in [-0.3, -0.25) is 0 Å². The van der Waals surface area contributed by atoms with E-state index in [1.54, 1.807) is 12.1 Å². The monoisotopic (exact) mass is 220 g/mol. The molecule has 0 spiro atoms. The summed E-state index contributed by atoms with van der Waals surface area (Å²) in [6.45, 7) is 6.18. The van der Waals surface area contributed by atoms with E-state index in [2.05, 4.69) is 20.8 Å². The van der Waals surface area contributed by atoms with Gasteiger partial charge in [-0.15, -0.1) is 0 Å². The van der Waals surface area contributed by atoms with Gasteiger partial charge in [0.2, 0.25) is 0 Å². The first-order valence-electron chi connectivity index (χ1n) is 5.05. The Bertz CT molecular complexity index is 425. The third-order valence-electron chi connectivity index (χ3n) is 2.30. The fourth-order valence-electron chi connectivity index (χ4n) is 1.32. The molecule has 86 valence electrons. The molecule has 0 radical (unpaired) electrons. The molecule has 1 aromatic carbocycles. The van der Waals surface area contributed by atoms with Crippen LogP contribution in [-0.2, 0) is 10.2 Å². The molecule has 0 aromatic heterocycles. The van der Waals surface area contributed by atoms with Gasteiger partial charge in [-0.05, 0) is 29.2 Å². The summed E-state index contributed by atoms with van der Waals surface area (Å²) in [5.74, 6) is -0.939. The van der Waals surface area contributed by atoms with Crippen LogP contribution in [0.25, 0.3) is 6.08 Å². The van der Waals surface area contributed by atoms with Crippen molar-refractivity contribution >= 4 is 12.0 Å². The van der Waals surface area contributed by atoms with E-state index in [1.165, 1.54) is 6.08 Å². The summed E-state index contributed by atoms with van der Waals surface area (Å²) >= 11 is 0. The number of hydrogen-bond acceptors (Lipinski definition) is 2. The number of aromatic hydroxyl groups is 1. The number of hydrogen-bond donors (Lipinski definition) is 2. The molecule has 3 heteroatoms. The van der Waals surface area contributed by atoms with E-state index in [9.17, 15) is 9.90 Å². The molecule has 0 atom stereocenters. The van der Waals surface area contributed by atoms with Gasteiger partial charge in [0.25, 0.3) is 0 Å². The van der Waals surface area contributed by atoms with Crippen molar-refractivity contribution in [2.24, 2.45) is 0 Å². The van der Waals surface area contributed by atoms with E-state index in [4.69, 9.17) is 5.11 Å². The van der Waals surface area contributed by atoms with E-state index in [0.717, 1.165) is 11.6 Å². The summed E-state index contributed by atoms with van der Waals surface area (Å²) in [5, 5.41) is 18.1. The van der Waals surface area contributed by atoms with Gasteiger partial charge in [0.15, 0.2) is 0 Å². The third kappa shape index (κ3) is 3.12. The molecule has 16 heavy (non-hydrogen) atoms. The van der Waals surface area contributed by atoms with Crippen LogP contribution in [0.15, 0.2) is 24.3 Å². The summed E-state index contributed by atoms with van der Waals surface area (Å²) in [5.41, 5.74) is 1.55. The first kappa shape index (κ1) is 12.3. The van der Waals surface area contributed by atoms with E-state index >= 15 is 0 Å². The maximum atomic E-state index is 10.4. The highest BCUT2D eigenvalue weighted by Crippen LogP contribution is 2.27. The van der Waals surface area contributed by atoms with Gasteiger partial charge in [-0.1, -0.05) is 26.8 Å². The maximum Gasteiger partial charge on any atom is 0.328 e. The number of phenolic OH excluding ortho intramolecular Hbond substituents is 1. The molecule has 0 bridgehead atoms. The van der Waals surface area contributed by atoms with E-state index < -0.39 is 5.97 Å². The average Bonchev–Trinajstić information content (AvgIpc) is 2.14. The lowest BCUT2D eigenvalue weighted by Crippen LogP contribution is -2.10. The molecule has 0 aliphatic carbocycles. The van der Waals surface area contributed by atoms with Crippen molar-refractivity contribution in [1.29, 1.82) is 0 Å². The SMILES string of the molecule is CC(C)(C)c1ccc(O)c(/C=C/C(=O)O)c1. The zero-order chi connectivity index (χ0) is 12.3. The van der Waals surface area contributed by atoms with Crippen molar-refractivity contribution in [3.05, 3.63) is 35.4 Å². The molecule has 0 heterocycles. The van der Waals surface area contributed by atoms with Crippen molar-refractivity contribution in [1.82, 2.24) is 0 Å². The van der Waals surface area contributed by atoms with Crippen LogP contribution in [0, 0.1) is 0 Å². The van der Waals surface area contributed by atoms with Crippen molar-refractivity contribution in [3.8, 4) is 5.75 Å². The highest BCUT2D eigenvalue weighted by Gasteiger charge is 2.14. The first-order chi connectivity index (χ1) is 7.30. The fourth-order valence-corrected chi connectivity index (χ4v) is 1.32. The van der Waals surface area contributed by atoms with Crippen LogP contribution in [0.4, 0.5) is 0 Å². The van der Waals surface area contributed by atoms with Crippen LogP contribution in [0.2, 0.25) is 0 Å². The summed E-state index contributed by atoms with van der Waals surface area (Å²) in [4.78, 5) is 10.4. The Morgan fingerprint density at radius 2 is 1.94 bits per heavy atom. The molecule has 3 nitrogen and oxygen atoms in total. The zero-order valence-corrected chi connectivity index (χ0v) is 9.69. The van der Waals surface area contributed by atoms with Crippen LogP contribution in [0.1, 0.15) is 31.9 Å². The lowest BCUT2D eigenvalue weighted by Gasteiger charge is -2.19.